The van der Waals surface area contributed by atoms with Crippen LogP contribution in [0.3, 0.4) is 0 Å². The zero-order valence-corrected chi connectivity index (χ0v) is 11.0. The Balaban J connectivity index is 2.05. The van der Waals surface area contributed by atoms with Gasteiger partial charge in [-0.25, -0.2) is 0 Å². The Labute approximate surface area is 109 Å². The summed E-state index contributed by atoms with van der Waals surface area (Å²) in [6, 6.07) is 7.87. The first-order valence-corrected chi connectivity index (χ1v) is 6.79. The second kappa shape index (κ2) is 5.89. The topological polar surface area (TPSA) is 55.1 Å². The molecule has 0 bridgehead atoms. The first kappa shape index (κ1) is 12.9. The molecule has 1 aliphatic carbocycles. The SMILES string of the molecule is Cc1ccc(NC(C(N)=O)C2CCCCC2)cc1. The minimum atomic E-state index is -0.234. The number of carbonyl (C=O) groups excluding carboxylic acids is 1. The van der Waals surface area contributed by atoms with Crippen LogP contribution in [-0.4, -0.2) is 11.9 Å². The molecule has 1 aromatic rings. The maximum absolute atomic E-state index is 11.6. The standard InChI is InChI=1S/C15H22N2O/c1-11-7-9-13(10-8-11)17-14(15(16)18)12-5-3-2-4-6-12/h7-10,12,14,17H,2-6H2,1H3,(H2,16,18). The zero-order chi connectivity index (χ0) is 13.0. The molecule has 98 valence electrons. The lowest BCUT2D eigenvalue weighted by molar-refractivity contribution is -0.120. The molecule has 0 saturated heterocycles. The third kappa shape index (κ3) is 3.25. The summed E-state index contributed by atoms with van der Waals surface area (Å²) in [6.07, 6.45) is 5.92. The summed E-state index contributed by atoms with van der Waals surface area (Å²) in [7, 11) is 0. The van der Waals surface area contributed by atoms with Gasteiger partial charge in [-0.15, -0.1) is 0 Å². The minimum Gasteiger partial charge on any atom is -0.373 e. The molecule has 1 aromatic carbocycles. The second-order valence-electron chi connectivity index (χ2n) is 5.29. The van der Waals surface area contributed by atoms with Gasteiger partial charge in [-0.05, 0) is 37.8 Å². The van der Waals surface area contributed by atoms with Gasteiger partial charge in [0.15, 0.2) is 0 Å². The van der Waals surface area contributed by atoms with Crippen LogP contribution in [0.4, 0.5) is 5.69 Å². The summed E-state index contributed by atoms with van der Waals surface area (Å²) in [4.78, 5) is 11.6. The van der Waals surface area contributed by atoms with Gasteiger partial charge in [0.2, 0.25) is 5.91 Å². The largest absolute Gasteiger partial charge is 0.373 e. The van der Waals surface area contributed by atoms with Crippen molar-refractivity contribution in [2.75, 3.05) is 5.32 Å². The lowest BCUT2D eigenvalue weighted by atomic mass is 9.83. The molecule has 1 amide bonds. The zero-order valence-electron chi connectivity index (χ0n) is 11.0. The molecule has 3 nitrogen and oxygen atoms in total. The summed E-state index contributed by atoms with van der Waals surface area (Å²) in [5, 5.41) is 3.30. The molecule has 1 fully saturated rings. The molecular weight excluding hydrogens is 224 g/mol. The van der Waals surface area contributed by atoms with Crippen molar-refractivity contribution in [1.82, 2.24) is 0 Å². The number of nitrogens with one attached hydrogen (secondary N) is 1. The van der Waals surface area contributed by atoms with Crippen molar-refractivity contribution in [3.63, 3.8) is 0 Å². The Bertz CT molecular complexity index is 393. The highest BCUT2D eigenvalue weighted by Crippen LogP contribution is 2.28. The van der Waals surface area contributed by atoms with Crippen molar-refractivity contribution in [2.45, 2.75) is 45.1 Å². The number of benzene rings is 1. The van der Waals surface area contributed by atoms with Crippen molar-refractivity contribution in [3.05, 3.63) is 29.8 Å². The number of aryl methyl sites for hydroxylation is 1. The molecule has 3 N–H and O–H groups in total. The van der Waals surface area contributed by atoms with Crippen LogP contribution < -0.4 is 11.1 Å². The van der Waals surface area contributed by atoms with E-state index >= 15 is 0 Å². The number of carbonyl (C=O) groups is 1. The quantitative estimate of drug-likeness (QED) is 0.858. The molecule has 2 rings (SSSR count). The van der Waals surface area contributed by atoms with E-state index in [1.807, 2.05) is 24.3 Å². The Morgan fingerprint density at radius 2 is 1.83 bits per heavy atom. The van der Waals surface area contributed by atoms with Crippen LogP contribution in [0.2, 0.25) is 0 Å². The summed E-state index contributed by atoms with van der Waals surface area (Å²) >= 11 is 0. The van der Waals surface area contributed by atoms with Crippen molar-refractivity contribution in [1.29, 1.82) is 0 Å². The Hall–Kier alpha value is -1.51. The predicted molar refractivity (Wildman–Crippen MR) is 74.4 cm³/mol. The van der Waals surface area contributed by atoms with Gasteiger partial charge >= 0.3 is 0 Å². The van der Waals surface area contributed by atoms with E-state index in [4.69, 9.17) is 5.73 Å². The van der Waals surface area contributed by atoms with Crippen LogP contribution in [0.1, 0.15) is 37.7 Å². The van der Waals surface area contributed by atoms with Crippen LogP contribution in [0, 0.1) is 12.8 Å². The summed E-state index contributed by atoms with van der Waals surface area (Å²) in [6.45, 7) is 2.05. The second-order valence-corrected chi connectivity index (χ2v) is 5.29. The molecule has 0 aromatic heterocycles. The molecule has 0 radical (unpaired) electrons. The van der Waals surface area contributed by atoms with Crippen molar-refractivity contribution in [2.24, 2.45) is 11.7 Å². The Kier molecular flexibility index (Phi) is 4.24. The smallest absolute Gasteiger partial charge is 0.240 e. The lowest BCUT2D eigenvalue weighted by Crippen LogP contribution is -2.42. The normalized spacial score (nSPS) is 18.3. The van der Waals surface area contributed by atoms with Crippen molar-refractivity contribution in [3.8, 4) is 0 Å². The molecule has 18 heavy (non-hydrogen) atoms. The molecular formula is C15H22N2O. The van der Waals surface area contributed by atoms with Gasteiger partial charge in [-0.3, -0.25) is 4.79 Å². The number of hydrogen-bond donors (Lipinski definition) is 2. The lowest BCUT2D eigenvalue weighted by Gasteiger charge is -2.29. The molecule has 1 unspecified atom stereocenters. The van der Waals surface area contributed by atoms with Gasteiger partial charge < -0.3 is 11.1 Å². The fourth-order valence-electron chi connectivity index (χ4n) is 2.72. The van der Waals surface area contributed by atoms with E-state index in [-0.39, 0.29) is 11.9 Å². The van der Waals surface area contributed by atoms with Gasteiger partial charge in [0, 0.05) is 5.69 Å². The molecule has 3 heteroatoms. The van der Waals surface area contributed by atoms with E-state index < -0.39 is 0 Å². The van der Waals surface area contributed by atoms with Gasteiger partial charge in [0.1, 0.15) is 6.04 Å². The third-order valence-electron chi connectivity index (χ3n) is 3.80. The monoisotopic (exact) mass is 246 g/mol. The van der Waals surface area contributed by atoms with Crippen LogP contribution in [-0.2, 0) is 4.79 Å². The highest BCUT2D eigenvalue weighted by atomic mass is 16.1. The van der Waals surface area contributed by atoms with Crippen molar-refractivity contribution < 1.29 is 4.79 Å². The van der Waals surface area contributed by atoms with E-state index in [2.05, 4.69) is 12.2 Å². The minimum absolute atomic E-state index is 0.229. The van der Waals surface area contributed by atoms with Crippen LogP contribution in [0.25, 0.3) is 0 Å². The molecule has 0 spiro atoms. The molecule has 1 saturated carbocycles. The average molecular weight is 246 g/mol. The van der Waals surface area contributed by atoms with E-state index in [9.17, 15) is 4.79 Å². The third-order valence-corrected chi connectivity index (χ3v) is 3.80. The average Bonchev–Trinajstić information content (AvgIpc) is 2.38. The maximum atomic E-state index is 11.6. The van der Waals surface area contributed by atoms with Crippen LogP contribution in [0.5, 0.6) is 0 Å². The maximum Gasteiger partial charge on any atom is 0.240 e. The molecule has 0 aliphatic heterocycles. The van der Waals surface area contributed by atoms with E-state index in [1.165, 1.54) is 24.8 Å². The van der Waals surface area contributed by atoms with E-state index in [1.54, 1.807) is 0 Å². The number of hydrogen-bond acceptors (Lipinski definition) is 2. The Morgan fingerprint density at radius 1 is 1.22 bits per heavy atom. The predicted octanol–water partition coefficient (Wildman–Crippen LogP) is 2.84. The number of rotatable bonds is 4. The molecule has 1 aliphatic rings. The number of amides is 1. The molecule has 0 heterocycles. The van der Waals surface area contributed by atoms with Crippen molar-refractivity contribution >= 4 is 11.6 Å². The van der Waals surface area contributed by atoms with Gasteiger partial charge in [-0.2, -0.15) is 0 Å². The first-order chi connectivity index (χ1) is 8.66. The van der Waals surface area contributed by atoms with Gasteiger partial charge in [0.25, 0.3) is 0 Å². The molecule has 1 atom stereocenters. The number of anilines is 1. The van der Waals surface area contributed by atoms with Gasteiger partial charge in [-0.1, -0.05) is 37.0 Å². The summed E-state index contributed by atoms with van der Waals surface area (Å²) in [5.74, 6) is 0.153. The fourth-order valence-corrected chi connectivity index (χ4v) is 2.72. The highest BCUT2D eigenvalue weighted by molar-refractivity contribution is 5.83. The van der Waals surface area contributed by atoms with Crippen LogP contribution in [0.15, 0.2) is 24.3 Å². The highest BCUT2D eigenvalue weighted by Gasteiger charge is 2.27. The van der Waals surface area contributed by atoms with Crippen LogP contribution >= 0.6 is 0 Å². The first-order valence-electron chi connectivity index (χ1n) is 6.79. The Morgan fingerprint density at radius 3 is 2.39 bits per heavy atom. The van der Waals surface area contributed by atoms with E-state index in [0.717, 1.165) is 18.5 Å². The summed E-state index contributed by atoms with van der Waals surface area (Å²) < 4.78 is 0. The fraction of sp³-hybridized carbons (Fsp3) is 0.533. The number of nitrogens with two attached hydrogens (primary N) is 1. The van der Waals surface area contributed by atoms with E-state index in [0.29, 0.717) is 5.92 Å². The number of primary amides is 1. The van der Waals surface area contributed by atoms with Gasteiger partial charge in [0.05, 0.1) is 0 Å². The summed E-state index contributed by atoms with van der Waals surface area (Å²) in [5.41, 5.74) is 7.74.